The number of aryl methyl sites for hydroxylation is 1. The standard InChI is InChI=1S/C17H24N2O2/c1-4-19-11-13(14-7-5-6-8-16(14)19)10-18-15(17(20)21)9-12(2)3/h5-8,11-12,15,18H,4,9-10H2,1-3H3,(H,20,21). The van der Waals surface area contributed by atoms with E-state index in [1.807, 2.05) is 26.0 Å². The van der Waals surface area contributed by atoms with Crippen LogP contribution in [0.3, 0.4) is 0 Å². The van der Waals surface area contributed by atoms with Crippen LogP contribution in [0.2, 0.25) is 0 Å². The number of aliphatic carboxylic acids is 1. The highest BCUT2D eigenvalue weighted by molar-refractivity contribution is 5.84. The lowest BCUT2D eigenvalue weighted by atomic mass is 10.0. The number of nitrogens with one attached hydrogen (secondary N) is 1. The number of fused-ring (bicyclic) bond motifs is 1. The molecule has 2 rings (SSSR count). The number of rotatable bonds is 7. The number of nitrogens with zero attached hydrogens (tertiary/aromatic N) is 1. The van der Waals surface area contributed by atoms with Gasteiger partial charge in [-0.05, 0) is 30.9 Å². The number of hydrogen-bond donors (Lipinski definition) is 2. The van der Waals surface area contributed by atoms with Crippen molar-refractivity contribution in [3.05, 3.63) is 36.0 Å². The zero-order chi connectivity index (χ0) is 15.4. The van der Waals surface area contributed by atoms with Crippen molar-refractivity contribution in [2.75, 3.05) is 0 Å². The van der Waals surface area contributed by atoms with Gasteiger partial charge in [-0.2, -0.15) is 0 Å². The zero-order valence-corrected chi connectivity index (χ0v) is 13.0. The van der Waals surface area contributed by atoms with Gasteiger partial charge in [0.05, 0.1) is 0 Å². The first-order valence-corrected chi connectivity index (χ1v) is 7.55. The molecule has 0 radical (unpaired) electrons. The number of aromatic nitrogens is 1. The Morgan fingerprint density at radius 2 is 2.05 bits per heavy atom. The van der Waals surface area contributed by atoms with Crippen LogP contribution in [0.15, 0.2) is 30.5 Å². The largest absolute Gasteiger partial charge is 0.480 e. The van der Waals surface area contributed by atoms with Crippen molar-refractivity contribution in [1.29, 1.82) is 0 Å². The van der Waals surface area contributed by atoms with Gasteiger partial charge in [0.2, 0.25) is 0 Å². The summed E-state index contributed by atoms with van der Waals surface area (Å²) in [5.74, 6) is -0.418. The molecule has 4 heteroatoms. The fraction of sp³-hybridized carbons (Fsp3) is 0.471. The SMILES string of the molecule is CCn1cc(CNC(CC(C)C)C(=O)O)c2ccccc21. The van der Waals surface area contributed by atoms with Crippen LogP contribution in [0, 0.1) is 5.92 Å². The van der Waals surface area contributed by atoms with E-state index in [4.69, 9.17) is 0 Å². The topological polar surface area (TPSA) is 54.3 Å². The van der Waals surface area contributed by atoms with Crippen molar-refractivity contribution in [3.8, 4) is 0 Å². The number of para-hydroxylation sites is 1. The summed E-state index contributed by atoms with van der Waals surface area (Å²) in [4.78, 5) is 11.3. The third-order valence-corrected chi connectivity index (χ3v) is 3.76. The molecule has 2 aromatic rings. The van der Waals surface area contributed by atoms with Gasteiger partial charge in [0.15, 0.2) is 0 Å². The molecule has 0 saturated heterocycles. The van der Waals surface area contributed by atoms with Crippen molar-refractivity contribution in [2.45, 2.75) is 46.3 Å². The lowest BCUT2D eigenvalue weighted by molar-refractivity contribution is -0.140. The highest BCUT2D eigenvalue weighted by atomic mass is 16.4. The Bertz CT molecular complexity index is 616. The van der Waals surface area contributed by atoms with Gasteiger partial charge in [-0.3, -0.25) is 4.79 Å². The first kappa shape index (κ1) is 15.6. The van der Waals surface area contributed by atoms with E-state index in [-0.39, 0.29) is 0 Å². The van der Waals surface area contributed by atoms with Gasteiger partial charge in [-0.25, -0.2) is 0 Å². The van der Waals surface area contributed by atoms with Crippen molar-refractivity contribution in [1.82, 2.24) is 9.88 Å². The van der Waals surface area contributed by atoms with Crippen molar-refractivity contribution in [2.24, 2.45) is 5.92 Å². The van der Waals surface area contributed by atoms with Gasteiger partial charge in [-0.15, -0.1) is 0 Å². The molecule has 0 saturated carbocycles. The highest BCUT2D eigenvalue weighted by Gasteiger charge is 2.18. The maximum Gasteiger partial charge on any atom is 0.320 e. The first-order valence-electron chi connectivity index (χ1n) is 7.55. The Morgan fingerprint density at radius 1 is 1.33 bits per heavy atom. The molecular formula is C17H24N2O2. The molecular weight excluding hydrogens is 264 g/mol. The van der Waals surface area contributed by atoms with Crippen LogP contribution in [0.4, 0.5) is 0 Å². The lowest BCUT2D eigenvalue weighted by Crippen LogP contribution is -2.37. The molecule has 0 aliphatic heterocycles. The molecule has 2 N–H and O–H groups in total. The average molecular weight is 288 g/mol. The fourth-order valence-electron chi connectivity index (χ4n) is 2.70. The molecule has 114 valence electrons. The van der Waals surface area contributed by atoms with Crippen LogP contribution in [-0.4, -0.2) is 21.7 Å². The van der Waals surface area contributed by atoms with Crippen LogP contribution < -0.4 is 5.32 Å². The van der Waals surface area contributed by atoms with Crippen LogP contribution in [-0.2, 0) is 17.9 Å². The summed E-state index contributed by atoms with van der Waals surface area (Å²) in [6.07, 6.45) is 2.76. The molecule has 1 aromatic carbocycles. The van der Waals surface area contributed by atoms with E-state index in [1.54, 1.807) is 0 Å². The first-order chi connectivity index (χ1) is 10.0. The normalized spacial score (nSPS) is 13.0. The highest BCUT2D eigenvalue weighted by Crippen LogP contribution is 2.21. The van der Waals surface area contributed by atoms with Gasteiger partial charge in [0.1, 0.15) is 6.04 Å². The molecule has 0 aliphatic carbocycles. The second-order valence-corrected chi connectivity index (χ2v) is 5.86. The molecule has 21 heavy (non-hydrogen) atoms. The fourth-order valence-corrected chi connectivity index (χ4v) is 2.70. The van der Waals surface area contributed by atoms with E-state index in [2.05, 4.69) is 35.1 Å². The summed E-state index contributed by atoms with van der Waals surface area (Å²) in [6, 6.07) is 7.76. The Kier molecular flexibility index (Phi) is 5.02. The molecule has 1 unspecified atom stereocenters. The van der Waals surface area contributed by atoms with E-state index in [0.29, 0.717) is 18.9 Å². The summed E-state index contributed by atoms with van der Waals surface area (Å²) in [5, 5.41) is 13.7. The quantitative estimate of drug-likeness (QED) is 0.822. The summed E-state index contributed by atoms with van der Waals surface area (Å²) in [5.41, 5.74) is 2.36. The van der Waals surface area contributed by atoms with Gasteiger partial charge in [0, 0.05) is 30.2 Å². The molecule has 0 aliphatic rings. The molecule has 1 aromatic heterocycles. The van der Waals surface area contributed by atoms with Crippen molar-refractivity contribution < 1.29 is 9.90 Å². The predicted octanol–water partition coefficient (Wildman–Crippen LogP) is 3.25. The van der Waals surface area contributed by atoms with E-state index >= 15 is 0 Å². The smallest absolute Gasteiger partial charge is 0.320 e. The van der Waals surface area contributed by atoms with E-state index in [9.17, 15) is 9.90 Å². The number of hydrogen-bond acceptors (Lipinski definition) is 2. The Balaban J connectivity index is 2.17. The Labute approximate surface area is 125 Å². The van der Waals surface area contributed by atoms with Crippen LogP contribution in [0.25, 0.3) is 10.9 Å². The summed E-state index contributed by atoms with van der Waals surface area (Å²) < 4.78 is 2.20. The molecule has 1 heterocycles. The van der Waals surface area contributed by atoms with E-state index in [0.717, 1.165) is 12.1 Å². The summed E-state index contributed by atoms with van der Waals surface area (Å²) >= 11 is 0. The number of carbonyl (C=O) groups is 1. The van der Waals surface area contributed by atoms with Gasteiger partial charge in [0.25, 0.3) is 0 Å². The molecule has 0 fully saturated rings. The van der Waals surface area contributed by atoms with Gasteiger partial charge >= 0.3 is 5.97 Å². The van der Waals surface area contributed by atoms with Crippen LogP contribution >= 0.6 is 0 Å². The molecule has 0 bridgehead atoms. The lowest BCUT2D eigenvalue weighted by Gasteiger charge is -2.16. The Morgan fingerprint density at radius 3 is 2.67 bits per heavy atom. The van der Waals surface area contributed by atoms with Gasteiger partial charge < -0.3 is 15.0 Å². The molecule has 1 atom stereocenters. The van der Waals surface area contributed by atoms with Crippen LogP contribution in [0.1, 0.15) is 32.8 Å². The number of benzene rings is 1. The van der Waals surface area contributed by atoms with E-state index < -0.39 is 12.0 Å². The van der Waals surface area contributed by atoms with Gasteiger partial charge in [-0.1, -0.05) is 32.0 Å². The third-order valence-electron chi connectivity index (χ3n) is 3.76. The number of carboxylic acid groups (broad SMARTS) is 1. The second-order valence-electron chi connectivity index (χ2n) is 5.86. The predicted molar refractivity (Wildman–Crippen MR) is 85.3 cm³/mol. The monoisotopic (exact) mass is 288 g/mol. The Hall–Kier alpha value is -1.81. The van der Waals surface area contributed by atoms with E-state index in [1.165, 1.54) is 10.9 Å². The molecule has 4 nitrogen and oxygen atoms in total. The summed E-state index contributed by atoms with van der Waals surface area (Å²) in [7, 11) is 0. The third kappa shape index (κ3) is 3.64. The minimum absolute atomic E-state index is 0.357. The van der Waals surface area contributed by atoms with Crippen molar-refractivity contribution >= 4 is 16.9 Å². The van der Waals surface area contributed by atoms with Crippen LogP contribution in [0.5, 0.6) is 0 Å². The minimum Gasteiger partial charge on any atom is -0.480 e. The molecule has 0 amide bonds. The zero-order valence-electron chi connectivity index (χ0n) is 13.0. The summed E-state index contributed by atoms with van der Waals surface area (Å²) in [6.45, 7) is 7.69. The molecule has 0 spiro atoms. The second kappa shape index (κ2) is 6.76. The van der Waals surface area contributed by atoms with Crippen molar-refractivity contribution in [3.63, 3.8) is 0 Å². The maximum absolute atomic E-state index is 11.3. The number of carboxylic acids is 1. The maximum atomic E-state index is 11.3. The minimum atomic E-state index is -0.775. The average Bonchev–Trinajstić information content (AvgIpc) is 2.81.